The summed E-state index contributed by atoms with van der Waals surface area (Å²) < 4.78 is 0. The van der Waals surface area contributed by atoms with Crippen LogP contribution in [0.3, 0.4) is 0 Å². The highest BCUT2D eigenvalue weighted by Crippen LogP contribution is 2.05. The Hall–Kier alpha value is -0.0800. The molecule has 0 saturated carbocycles. The fourth-order valence-electron chi connectivity index (χ4n) is 1.52. The lowest BCUT2D eigenvalue weighted by Crippen LogP contribution is -2.33. The number of likely N-dealkylation sites (tertiary alicyclic amines) is 1. The van der Waals surface area contributed by atoms with Gasteiger partial charge in [-0.2, -0.15) is 0 Å². The average Bonchev–Trinajstić information content (AvgIpc) is 2.39. The molecule has 0 atom stereocenters. The van der Waals surface area contributed by atoms with Crippen molar-refractivity contribution in [1.29, 1.82) is 0 Å². The summed E-state index contributed by atoms with van der Waals surface area (Å²) in [6.07, 6.45) is 2.81. The standard InChI is InChI=1S/C9H20N2/c1-9(2)10-5-8-11-6-3-4-7-11/h9-10H,3-8H2,1-2H3. The van der Waals surface area contributed by atoms with Crippen LogP contribution in [0.4, 0.5) is 0 Å². The molecule has 1 fully saturated rings. The first-order valence-electron chi connectivity index (χ1n) is 4.75. The van der Waals surface area contributed by atoms with Crippen molar-refractivity contribution in [1.82, 2.24) is 10.2 Å². The minimum atomic E-state index is 0.637. The summed E-state index contributed by atoms with van der Waals surface area (Å²) in [5.74, 6) is 0. The summed E-state index contributed by atoms with van der Waals surface area (Å²) in [6, 6.07) is 0.637. The lowest BCUT2D eigenvalue weighted by molar-refractivity contribution is 0.331. The first-order valence-corrected chi connectivity index (χ1v) is 4.75. The van der Waals surface area contributed by atoms with Gasteiger partial charge >= 0.3 is 0 Å². The zero-order valence-corrected chi connectivity index (χ0v) is 7.77. The Bertz CT molecular complexity index is 95.7. The molecule has 1 saturated heterocycles. The monoisotopic (exact) mass is 156 g/mol. The van der Waals surface area contributed by atoms with Gasteiger partial charge in [0.2, 0.25) is 0 Å². The highest BCUT2D eigenvalue weighted by molar-refractivity contribution is 4.67. The quantitative estimate of drug-likeness (QED) is 0.655. The second kappa shape index (κ2) is 4.73. The van der Waals surface area contributed by atoms with Crippen LogP contribution in [-0.4, -0.2) is 37.1 Å². The van der Waals surface area contributed by atoms with Crippen molar-refractivity contribution in [2.45, 2.75) is 32.7 Å². The Labute approximate surface area is 70.0 Å². The Kier molecular flexibility index (Phi) is 3.87. The Morgan fingerprint density at radius 3 is 2.45 bits per heavy atom. The van der Waals surface area contributed by atoms with Gasteiger partial charge in [-0.1, -0.05) is 13.8 Å². The molecule has 1 heterocycles. The average molecular weight is 156 g/mol. The number of nitrogens with zero attached hydrogens (tertiary/aromatic N) is 1. The van der Waals surface area contributed by atoms with Gasteiger partial charge in [0.05, 0.1) is 0 Å². The van der Waals surface area contributed by atoms with Crippen molar-refractivity contribution in [3.05, 3.63) is 0 Å². The predicted octanol–water partition coefficient (Wildman–Crippen LogP) is 1.08. The Morgan fingerprint density at radius 1 is 1.27 bits per heavy atom. The van der Waals surface area contributed by atoms with Gasteiger partial charge < -0.3 is 10.2 Å². The molecule has 0 amide bonds. The van der Waals surface area contributed by atoms with Gasteiger partial charge in [0, 0.05) is 19.1 Å². The molecule has 1 aliphatic rings. The van der Waals surface area contributed by atoms with Crippen molar-refractivity contribution in [2.24, 2.45) is 0 Å². The molecule has 0 unspecified atom stereocenters. The summed E-state index contributed by atoms with van der Waals surface area (Å²) >= 11 is 0. The predicted molar refractivity (Wildman–Crippen MR) is 48.8 cm³/mol. The third-order valence-corrected chi connectivity index (χ3v) is 2.18. The number of hydrogen-bond acceptors (Lipinski definition) is 2. The lowest BCUT2D eigenvalue weighted by atomic mass is 10.4. The maximum absolute atomic E-state index is 3.43. The van der Waals surface area contributed by atoms with Crippen LogP contribution in [0.1, 0.15) is 26.7 Å². The third kappa shape index (κ3) is 3.73. The van der Waals surface area contributed by atoms with Crippen LogP contribution in [-0.2, 0) is 0 Å². The largest absolute Gasteiger partial charge is 0.313 e. The molecule has 2 heteroatoms. The zero-order valence-electron chi connectivity index (χ0n) is 7.77. The van der Waals surface area contributed by atoms with E-state index in [9.17, 15) is 0 Å². The molecule has 1 aliphatic heterocycles. The van der Waals surface area contributed by atoms with Crippen molar-refractivity contribution in [2.75, 3.05) is 26.2 Å². The fraction of sp³-hybridized carbons (Fsp3) is 1.00. The molecule has 0 radical (unpaired) electrons. The van der Waals surface area contributed by atoms with E-state index in [-0.39, 0.29) is 0 Å². The van der Waals surface area contributed by atoms with Crippen LogP contribution < -0.4 is 5.32 Å². The molecule has 0 aromatic heterocycles. The van der Waals surface area contributed by atoms with E-state index in [2.05, 4.69) is 24.1 Å². The van der Waals surface area contributed by atoms with E-state index in [1.807, 2.05) is 0 Å². The molecule has 0 spiro atoms. The van der Waals surface area contributed by atoms with Gasteiger partial charge in [-0.25, -0.2) is 0 Å². The number of nitrogens with one attached hydrogen (secondary N) is 1. The number of rotatable bonds is 4. The van der Waals surface area contributed by atoms with Crippen LogP contribution in [0.2, 0.25) is 0 Å². The highest BCUT2D eigenvalue weighted by atomic mass is 15.1. The van der Waals surface area contributed by atoms with Crippen LogP contribution in [0.25, 0.3) is 0 Å². The van der Waals surface area contributed by atoms with Gasteiger partial charge in [0.1, 0.15) is 0 Å². The molecule has 0 aromatic rings. The topological polar surface area (TPSA) is 15.3 Å². The van der Waals surface area contributed by atoms with Gasteiger partial charge in [0.25, 0.3) is 0 Å². The summed E-state index contributed by atoms with van der Waals surface area (Å²) in [6.45, 7) is 9.42. The maximum atomic E-state index is 3.43. The minimum Gasteiger partial charge on any atom is -0.313 e. The minimum absolute atomic E-state index is 0.637. The van der Waals surface area contributed by atoms with Crippen molar-refractivity contribution in [3.8, 4) is 0 Å². The second-order valence-corrected chi connectivity index (χ2v) is 3.66. The summed E-state index contributed by atoms with van der Waals surface area (Å²) in [4.78, 5) is 2.54. The van der Waals surface area contributed by atoms with E-state index in [0.717, 1.165) is 6.54 Å². The molecule has 11 heavy (non-hydrogen) atoms. The highest BCUT2D eigenvalue weighted by Gasteiger charge is 2.09. The van der Waals surface area contributed by atoms with Crippen molar-refractivity contribution < 1.29 is 0 Å². The SMILES string of the molecule is CC(C)NCCN1CCCC1. The smallest absolute Gasteiger partial charge is 0.0107 e. The molecular formula is C9H20N2. The zero-order chi connectivity index (χ0) is 8.10. The molecule has 0 bridgehead atoms. The van der Waals surface area contributed by atoms with Gasteiger partial charge in [-0.3, -0.25) is 0 Å². The molecule has 0 aromatic carbocycles. The van der Waals surface area contributed by atoms with E-state index in [4.69, 9.17) is 0 Å². The van der Waals surface area contributed by atoms with E-state index in [1.165, 1.54) is 32.5 Å². The first-order chi connectivity index (χ1) is 5.29. The molecule has 2 nitrogen and oxygen atoms in total. The van der Waals surface area contributed by atoms with E-state index in [1.54, 1.807) is 0 Å². The lowest BCUT2D eigenvalue weighted by Gasteiger charge is -2.15. The van der Waals surface area contributed by atoms with Crippen molar-refractivity contribution in [3.63, 3.8) is 0 Å². The summed E-state index contributed by atoms with van der Waals surface area (Å²) in [7, 11) is 0. The van der Waals surface area contributed by atoms with E-state index in [0.29, 0.717) is 6.04 Å². The molecular weight excluding hydrogens is 136 g/mol. The summed E-state index contributed by atoms with van der Waals surface area (Å²) in [5, 5.41) is 3.43. The van der Waals surface area contributed by atoms with E-state index < -0.39 is 0 Å². The van der Waals surface area contributed by atoms with Crippen LogP contribution >= 0.6 is 0 Å². The third-order valence-electron chi connectivity index (χ3n) is 2.18. The van der Waals surface area contributed by atoms with Gasteiger partial charge in [-0.05, 0) is 25.9 Å². The molecule has 0 aliphatic carbocycles. The first kappa shape index (κ1) is 9.01. The molecule has 66 valence electrons. The van der Waals surface area contributed by atoms with E-state index >= 15 is 0 Å². The normalized spacial score (nSPS) is 19.9. The van der Waals surface area contributed by atoms with Crippen LogP contribution in [0, 0.1) is 0 Å². The fourth-order valence-corrected chi connectivity index (χ4v) is 1.52. The molecule has 1 rings (SSSR count). The Morgan fingerprint density at radius 2 is 1.91 bits per heavy atom. The Balaban J connectivity index is 1.94. The number of hydrogen-bond donors (Lipinski definition) is 1. The maximum Gasteiger partial charge on any atom is 0.0107 e. The van der Waals surface area contributed by atoms with Crippen molar-refractivity contribution >= 4 is 0 Å². The van der Waals surface area contributed by atoms with Crippen LogP contribution in [0.5, 0.6) is 0 Å². The van der Waals surface area contributed by atoms with Gasteiger partial charge in [-0.15, -0.1) is 0 Å². The van der Waals surface area contributed by atoms with Crippen LogP contribution in [0.15, 0.2) is 0 Å². The summed E-state index contributed by atoms with van der Waals surface area (Å²) in [5.41, 5.74) is 0. The van der Waals surface area contributed by atoms with Gasteiger partial charge in [0.15, 0.2) is 0 Å². The molecule has 1 N–H and O–H groups in total. The second-order valence-electron chi connectivity index (χ2n) is 3.66.